The minimum absolute atomic E-state index is 0.0206. The molecule has 2 aromatic rings. The van der Waals surface area contributed by atoms with Gasteiger partial charge in [0.15, 0.2) is 0 Å². The first-order chi connectivity index (χ1) is 12.5. The molecule has 0 fully saturated rings. The Morgan fingerprint density at radius 1 is 1.27 bits per heavy atom. The number of carbonyl (C=O) groups excluding carboxylic acids is 1. The monoisotopic (exact) mass is 413 g/mol. The van der Waals surface area contributed by atoms with Gasteiger partial charge < -0.3 is 15.4 Å². The Morgan fingerprint density at radius 3 is 2.62 bits per heavy atom. The lowest BCUT2D eigenvalue weighted by Crippen LogP contribution is -2.27. The highest BCUT2D eigenvalue weighted by Gasteiger charge is 2.08. The summed E-state index contributed by atoms with van der Waals surface area (Å²) in [5.41, 5.74) is 3.00. The molecule has 0 unspecified atom stereocenters. The van der Waals surface area contributed by atoms with Crippen molar-refractivity contribution in [2.24, 2.45) is 0 Å². The molecular formula is C20H20BrN3O2. The summed E-state index contributed by atoms with van der Waals surface area (Å²) in [4.78, 5) is 12.2. The van der Waals surface area contributed by atoms with Crippen LogP contribution in [0.4, 0.5) is 5.69 Å². The normalized spacial score (nSPS) is 10.8. The average Bonchev–Trinajstić information content (AvgIpc) is 2.64. The largest absolute Gasteiger partial charge is 0.497 e. The summed E-state index contributed by atoms with van der Waals surface area (Å²) in [6.45, 7) is 2.43. The first-order valence-corrected chi connectivity index (χ1v) is 8.87. The molecule has 0 saturated carbocycles. The molecule has 0 bridgehead atoms. The fourth-order valence-corrected chi connectivity index (χ4v) is 2.85. The van der Waals surface area contributed by atoms with Crippen LogP contribution in [0.5, 0.6) is 5.75 Å². The standard InChI is InChI=1S/C20H20BrN3O2/c1-14-3-8-19(18(21)11-14)24-13-16(12-22)20(25)23-10-9-15-4-6-17(26-2)7-5-15/h3-8,11,13,24H,9-10H2,1-2H3,(H,23,25)/b16-13-. The van der Waals surface area contributed by atoms with E-state index in [9.17, 15) is 10.1 Å². The lowest BCUT2D eigenvalue weighted by atomic mass is 10.1. The molecule has 2 aromatic carbocycles. The Hall–Kier alpha value is -2.78. The molecule has 1 amide bonds. The van der Waals surface area contributed by atoms with Crippen LogP contribution < -0.4 is 15.4 Å². The topological polar surface area (TPSA) is 74.1 Å². The van der Waals surface area contributed by atoms with Crippen LogP contribution >= 0.6 is 15.9 Å². The summed E-state index contributed by atoms with van der Waals surface area (Å²) >= 11 is 3.45. The molecule has 0 saturated heterocycles. The smallest absolute Gasteiger partial charge is 0.263 e. The van der Waals surface area contributed by atoms with Crippen LogP contribution in [0, 0.1) is 18.3 Å². The predicted octanol–water partition coefficient (Wildman–Crippen LogP) is 3.94. The summed E-state index contributed by atoms with van der Waals surface area (Å²) in [5.74, 6) is 0.387. The molecule has 0 aliphatic rings. The maximum atomic E-state index is 12.2. The van der Waals surface area contributed by atoms with Gasteiger partial charge in [0, 0.05) is 17.2 Å². The number of hydrogen-bond donors (Lipinski definition) is 2. The Bertz CT molecular complexity index is 839. The van der Waals surface area contributed by atoms with Gasteiger partial charge in [-0.1, -0.05) is 18.2 Å². The highest BCUT2D eigenvalue weighted by molar-refractivity contribution is 9.10. The van der Waals surface area contributed by atoms with Crippen molar-refractivity contribution in [3.63, 3.8) is 0 Å². The molecule has 0 aromatic heterocycles. The molecule has 6 heteroatoms. The second-order valence-electron chi connectivity index (χ2n) is 5.65. The van der Waals surface area contributed by atoms with Gasteiger partial charge >= 0.3 is 0 Å². The van der Waals surface area contributed by atoms with E-state index in [2.05, 4.69) is 26.6 Å². The minimum atomic E-state index is -0.406. The zero-order chi connectivity index (χ0) is 18.9. The van der Waals surface area contributed by atoms with E-state index in [1.165, 1.54) is 6.20 Å². The second kappa shape index (κ2) is 9.64. The van der Waals surface area contributed by atoms with Crippen LogP contribution in [-0.2, 0) is 11.2 Å². The highest BCUT2D eigenvalue weighted by atomic mass is 79.9. The molecule has 2 rings (SSSR count). The van der Waals surface area contributed by atoms with Gasteiger partial charge in [0.1, 0.15) is 17.4 Å². The third-order valence-electron chi connectivity index (χ3n) is 3.72. The van der Waals surface area contributed by atoms with Crippen LogP contribution in [0.3, 0.4) is 0 Å². The SMILES string of the molecule is COc1ccc(CCNC(=O)/C(C#N)=C\Nc2ccc(C)cc2Br)cc1. The van der Waals surface area contributed by atoms with Gasteiger partial charge in [-0.15, -0.1) is 0 Å². The number of amides is 1. The fourth-order valence-electron chi connectivity index (χ4n) is 2.24. The van der Waals surface area contributed by atoms with Gasteiger partial charge in [0.05, 0.1) is 12.8 Å². The first kappa shape index (κ1) is 19.5. The number of halogens is 1. The van der Waals surface area contributed by atoms with Gasteiger partial charge in [0.2, 0.25) is 0 Å². The summed E-state index contributed by atoms with van der Waals surface area (Å²) in [7, 11) is 1.62. The van der Waals surface area contributed by atoms with Gasteiger partial charge in [-0.05, 0) is 64.7 Å². The second-order valence-corrected chi connectivity index (χ2v) is 6.51. The Morgan fingerprint density at radius 2 is 2.00 bits per heavy atom. The number of nitrogens with zero attached hydrogens (tertiary/aromatic N) is 1. The lowest BCUT2D eigenvalue weighted by Gasteiger charge is -2.07. The summed E-state index contributed by atoms with van der Waals surface area (Å²) < 4.78 is 5.98. The zero-order valence-corrected chi connectivity index (χ0v) is 16.3. The van der Waals surface area contributed by atoms with Crippen molar-refractivity contribution < 1.29 is 9.53 Å². The zero-order valence-electron chi connectivity index (χ0n) is 14.7. The number of hydrogen-bond acceptors (Lipinski definition) is 4. The van der Waals surface area contributed by atoms with E-state index >= 15 is 0 Å². The maximum absolute atomic E-state index is 12.2. The number of benzene rings is 2. The van der Waals surface area contributed by atoms with Crippen LogP contribution in [0.1, 0.15) is 11.1 Å². The van der Waals surface area contributed by atoms with Gasteiger partial charge in [0.25, 0.3) is 5.91 Å². The third kappa shape index (κ3) is 5.64. The molecule has 26 heavy (non-hydrogen) atoms. The van der Waals surface area contributed by atoms with Crippen molar-refractivity contribution in [1.82, 2.24) is 5.32 Å². The number of aryl methyl sites for hydroxylation is 1. The number of anilines is 1. The van der Waals surface area contributed by atoms with Gasteiger partial charge in [-0.2, -0.15) is 5.26 Å². The first-order valence-electron chi connectivity index (χ1n) is 8.07. The quantitative estimate of drug-likeness (QED) is 0.532. The van der Waals surface area contributed by atoms with E-state index in [1.807, 2.05) is 55.5 Å². The van der Waals surface area contributed by atoms with E-state index in [0.29, 0.717) is 13.0 Å². The van der Waals surface area contributed by atoms with Gasteiger partial charge in [-0.3, -0.25) is 4.79 Å². The van der Waals surface area contributed by atoms with Crippen LogP contribution in [0.15, 0.2) is 58.7 Å². The molecule has 0 spiro atoms. The predicted molar refractivity (Wildman–Crippen MR) is 106 cm³/mol. The summed E-state index contributed by atoms with van der Waals surface area (Å²) in [6, 6.07) is 15.4. The highest BCUT2D eigenvalue weighted by Crippen LogP contribution is 2.23. The van der Waals surface area contributed by atoms with Crippen molar-refractivity contribution in [3.05, 3.63) is 69.8 Å². The number of rotatable bonds is 7. The molecule has 0 aliphatic heterocycles. The fraction of sp³-hybridized carbons (Fsp3) is 0.200. The Labute approximate surface area is 161 Å². The van der Waals surface area contributed by atoms with E-state index in [4.69, 9.17) is 4.74 Å². The van der Waals surface area contributed by atoms with Crippen molar-refractivity contribution in [2.45, 2.75) is 13.3 Å². The Balaban J connectivity index is 1.90. The van der Waals surface area contributed by atoms with Crippen molar-refractivity contribution in [2.75, 3.05) is 19.0 Å². The van der Waals surface area contributed by atoms with E-state index in [-0.39, 0.29) is 5.57 Å². The molecular weight excluding hydrogens is 394 g/mol. The van der Waals surface area contributed by atoms with Crippen LogP contribution in [-0.4, -0.2) is 19.6 Å². The Kier molecular flexibility index (Phi) is 7.24. The number of ether oxygens (including phenoxy) is 1. The van der Waals surface area contributed by atoms with Crippen molar-refractivity contribution in [3.8, 4) is 11.8 Å². The maximum Gasteiger partial charge on any atom is 0.263 e. The van der Waals surface area contributed by atoms with E-state index in [1.54, 1.807) is 7.11 Å². The number of nitrogens with one attached hydrogen (secondary N) is 2. The van der Waals surface area contributed by atoms with Crippen molar-refractivity contribution >= 4 is 27.5 Å². The van der Waals surface area contributed by atoms with E-state index in [0.717, 1.165) is 27.0 Å². The summed E-state index contributed by atoms with van der Waals surface area (Å²) in [5, 5.41) is 15.0. The average molecular weight is 414 g/mol. The number of carbonyl (C=O) groups is 1. The number of methoxy groups -OCH3 is 1. The summed E-state index contributed by atoms with van der Waals surface area (Å²) in [6.07, 6.45) is 2.09. The molecule has 5 nitrogen and oxygen atoms in total. The van der Waals surface area contributed by atoms with Crippen LogP contribution in [0.25, 0.3) is 0 Å². The molecule has 0 aliphatic carbocycles. The van der Waals surface area contributed by atoms with E-state index < -0.39 is 5.91 Å². The lowest BCUT2D eigenvalue weighted by molar-refractivity contribution is -0.117. The number of nitriles is 1. The minimum Gasteiger partial charge on any atom is -0.497 e. The van der Waals surface area contributed by atoms with Crippen LogP contribution in [0.2, 0.25) is 0 Å². The molecule has 2 N–H and O–H groups in total. The molecule has 0 radical (unpaired) electrons. The molecule has 134 valence electrons. The van der Waals surface area contributed by atoms with Crippen molar-refractivity contribution in [1.29, 1.82) is 5.26 Å². The third-order valence-corrected chi connectivity index (χ3v) is 4.38. The van der Waals surface area contributed by atoms with Gasteiger partial charge in [-0.25, -0.2) is 0 Å². The molecule has 0 heterocycles. The molecule has 0 atom stereocenters.